The highest BCUT2D eigenvalue weighted by atomic mass is 127. The first-order valence-corrected chi connectivity index (χ1v) is 8.22. The molecule has 22 heavy (non-hydrogen) atoms. The first kappa shape index (κ1) is 12.5. The second-order valence-corrected chi connectivity index (χ2v) is 6.70. The van der Waals surface area contributed by atoms with Crippen LogP contribution in [-0.4, -0.2) is 2.78 Å². The predicted octanol–water partition coefficient (Wildman–Crippen LogP) is 6.20. The molecule has 2 aromatic heterocycles. The first-order valence-electron chi connectivity index (χ1n) is 7.25. The topological polar surface area (TPSA) is 18.1 Å². The fourth-order valence-electron chi connectivity index (χ4n) is 3.39. The number of rotatable bonds is 0. The van der Waals surface area contributed by atoms with E-state index in [9.17, 15) is 0 Å². The summed E-state index contributed by atoms with van der Waals surface area (Å²) in [6, 6.07) is 19.2. The molecule has 0 aliphatic carbocycles. The average Bonchev–Trinajstić information content (AvgIpc) is 3.04. The number of nitrogens with zero attached hydrogens (tertiary/aromatic N) is 1. The summed E-state index contributed by atoms with van der Waals surface area (Å²) in [5.74, 6) is 0. The van der Waals surface area contributed by atoms with E-state index in [4.69, 9.17) is 4.42 Å². The molecule has 0 radical (unpaired) electrons. The van der Waals surface area contributed by atoms with E-state index in [2.05, 4.69) is 87.2 Å². The Kier molecular flexibility index (Phi) is 2.42. The maximum atomic E-state index is 6.06. The van der Waals surface area contributed by atoms with E-state index in [0.29, 0.717) is 0 Å². The number of fused-ring (bicyclic) bond motifs is 7. The number of hydrogen-bond acceptors (Lipinski definition) is 1. The molecule has 0 spiro atoms. The van der Waals surface area contributed by atoms with Gasteiger partial charge >= 0.3 is 0 Å². The van der Waals surface area contributed by atoms with Gasteiger partial charge in [-0.25, -0.2) is 0 Å². The Hall–Kier alpha value is -2.01. The van der Waals surface area contributed by atoms with Gasteiger partial charge in [0.1, 0.15) is 11.2 Å². The van der Waals surface area contributed by atoms with Gasteiger partial charge in [0.05, 0.1) is 33.9 Å². The van der Waals surface area contributed by atoms with Crippen molar-refractivity contribution in [2.75, 3.05) is 0 Å². The third kappa shape index (κ3) is 1.49. The summed E-state index contributed by atoms with van der Waals surface area (Å²) < 4.78 is 8.29. The average molecular weight is 397 g/mol. The van der Waals surface area contributed by atoms with Gasteiger partial charge in [-0.2, -0.15) is 0 Å². The van der Waals surface area contributed by atoms with E-state index in [1.165, 1.54) is 38.1 Å². The van der Waals surface area contributed by atoms with Crippen molar-refractivity contribution in [3.63, 3.8) is 0 Å². The Bertz CT molecular complexity index is 1200. The summed E-state index contributed by atoms with van der Waals surface area (Å²) in [6.45, 7) is 2.13. The van der Waals surface area contributed by atoms with Crippen molar-refractivity contribution < 1.29 is 4.42 Å². The van der Waals surface area contributed by atoms with E-state index in [-0.39, 0.29) is 0 Å². The van der Waals surface area contributed by atoms with Gasteiger partial charge in [-0.05, 0) is 37.3 Å². The number of benzene rings is 3. The summed E-state index contributed by atoms with van der Waals surface area (Å²) in [6.07, 6.45) is 0. The van der Waals surface area contributed by atoms with Crippen molar-refractivity contribution in [2.24, 2.45) is 0 Å². The monoisotopic (exact) mass is 397 g/mol. The minimum atomic E-state index is 0.957. The second-order valence-electron chi connectivity index (χ2n) is 5.73. The van der Waals surface area contributed by atoms with Gasteiger partial charge in [0, 0.05) is 21.5 Å². The minimum Gasteiger partial charge on any atom is -0.456 e. The zero-order valence-corrected chi connectivity index (χ0v) is 14.1. The van der Waals surface area contributed by atoms with Crippen LogP contribution >= 0.6 is 22.9 Å². The Morgan fingerprint density at radius 2 is 1.64 bits per heavy atom. The van der Waals surface area contributed by atoms with Gasteiger partial charge in [-0.1, -0.05) is 29.8 Å². The molecule has 0 saturated carbocycles. The van der Waals surface area contributed by atoms with E-state index in [1.54, 1.807) is 0 Å². The van der Waals surface area contributed by atoms with Crippen molar-refractivity contribution in [1.82, 2.24) is 2.78 Å². The molecule has 0 N–H and O–H groups in total. The maximum absolute atomic E-state index is 6.06. The molecule has 3 aromatic carbocycles. The second kappa shape index (κ2) is 4.26. The van der Waals surface area contributed by atoms with Crippen molar-refractivity contribution in [3.05, 3.63) is 60.2 Å². The molecule has 0 atom stereocenters. The van der Waals surface area contributed by atoms with Crippen LogP contribution in [0.1, 0.15) is 5.56 Å². The highest BCUT2D eigenvalue weighted by Gasteiger charge is 2.16. The SMILES string of the molecule is Cc1ccc2oc3ccc4c(c5ccccc5n4I)c3c2c1. The number of aryl methyl sites for hydroxylation is 1. The Labute approximate surface area is 140 Å². The largest absolute Gasteiger partial charge is 0.456 e. The normalized spacial score (nSPS) is 12.1. The van der Waals surface area contributed by atoms with Crippen molar-refractivity contribution >= 4 is 66.6 Å². The smallest absolute Gasteiger partial charge is 0.136 e. The standard InChI is InChI=1S/C19H12INO/c1-11-6-8-16-13(10-11)19-17(22-16)9-7-15-18(19)12-4-2-3-5-14(12)21(15)20/h2-10H,1H3. The number of para-hydroxylation sites is 1. The predicted molar refractivity (Wildman–Crippen MR) is 101 cm³/mol. The molecule has 0 unspecified atom stereocenters. The van der Waals surface area contributed by atoms with Crippen LogP contribution in [0.25, 0.3) is 43.7 Å². The Morgan fingerprint density at radius 1 is 0.818 bits per heavy atom. The summed E-state index contributed by atoms with van der Waals surface area (Å²) in [5, 5.41) is 4.99. The van der Waals surface area contributed by atoms with E-state index in [1.807, 2.05) is 0 Å². The Balaban J connectivity index is 2.18. The molecule has 0 amide bonds. The summed E-state index contributed by atoms with van der Waals surface area (Å²) in [5.41, 5.74) is 5.65. The third-order valence-corrected chi connectivity index (χ3v) is 5.41. The Morgan fingerprint density at radius 3 is 2.55 bits per heavy atom. The number of hydrogen-bond donors (Lipinski definition) is 0. The molecule has 0 aliphatic heterocycles. The van der Waals surface area contributed by atoms with Crippen molar-refractivity contribution in [3.8, 4) is 0 Å². The molecule has 0 fully saturated rings. The number of aromatic nitrogens is 1. The molecule has 3 heteroatoms. The van der Waals surface area contributed by atoms with Crippen LogP contribution in [-0.2, 0) is 0 Å². The quantitative estimate of drug-likeness (QED) is 0.285. The number of halogens is 1. The van der Waals surface area contributed by atoms with Gasteiger partial charge in [-0.15, -0.1) is 0 Å². The molecule has 2 heterocycles. The molecule has 106 valence electrons. The lowest BCUT2D eigenvalue weighted by atomic mass is 10.0. The highest BCUT2D eigenvalue weighted by molar-refractivity contribution is 14.1. The van der Waals surface area contributed by atoms with Crippen molar-refractivity contribution in [2.45, 2.75) is 6.92 Å². The van der Waals surface area contributed by atoms with Crippen LogP contribution in [0.5, 0.6) is 0 Å². The van der Waals surface area contributed by atoms with E-state index < -0.39 is 0 Å². The number of furan rings is 1. The fraction of sp³-hybridized carbons (Fsp3) is 0.0526. The van der Waals surface area contributed by atoms with E-state index >= 15 is 0 Å². The van der Waals surface area contributed by atoms with Crippen LogP contribution < -0.4 is 0 Å². The summed E-state index contributed by atoms with van der Waals surface area (Å²) in [4.78, 5) is 0. The summed E-state index contributed by atoms with van der Waals surface area (Å²) >= 11 is 2.38. The minimum absolute atomic E-state index is 0.957. The lowest BCUT2D eigenvalue weighted by Crippen LogP contribution is -1.77. The highest BCUT2D eigenvalue weighted by Crippen LogP contribution is 2.40. The molecule has 0 saturated heterocycles. The van der Waals surface area contributed by atoms with Gasteiger partial charge in [0.2, 0.25) is 0 Å². The lowest BCUT2D eigenvalue weighted by Gasteiger charge is -1.96. The van der Waals surface area contributed by atoms with Crippen LogP contribution in [0, 0.1) is 6.92 Å². The molecular formula is C19H12INO. The molecule has 2 nitrogen and oxygen atoms in total. The molecular weight excluding hydrogens is 385 g/mol. The van der Waals surface area contributed by atoms with Gasteiger partial charge in [0.25, 0.3) is 0 Å². The van der Waals surface area contributed by atoms with Gasteiger partial charge in [-0.3, -0.25) is 2.78 Å². The van der Waals surface area contributed by atoms with Gasteiger partial charge < -0.3 is 4.42 Å². The first-order chi connectivity index (χ1) is 10.7. The van der Waals surface area contributed by atoms with E-state index in [0.717, 1.165) is 11.2 Å². The van der Waals surface area contributed by atoms with Gasteiger partial charge in [0.15, 0.2) is 0 Å². The van der Waals surface area contributed by atoms with Crippen LogP contribution in [0.15, 0.2) is 59.0 Å². The molecule has 5 rings (SSSR count). The lowest BCUT2D eigenvalue weighted by molar-refractivity contribution is 0.669. The molecule has 0 aliphatic rings. The van der Waals surface area contributed by atoms with Crippen LogP contribution in [0.3, 0.4) is 0 Å². The van der Waals surface area contributed by atoms with Crippen molar-refractivity contribution in [1.29, 1.82) is 0 Å². The zero-order valence-electron chi connectivity index (χ0n) is 11.9. The maximum Gasteiger partial charge on any atom is 0.136 e. The third-order valence-electron chi connectivity index (χ3n) is 4.37. The molecule has 5 aromatic rings. The van der Waals surface area contributed by atoms with Crippen LogP contribution in [0.2, 0.25) is 0 Å². The summed E-state index contributed by atoms with van der Waals surface area (Å²) in [7, 11) is 0. The fourth-order valence-corrected chi connectivity index (χ4v) is 4.22. The zero-order chi connectivity index (χ0) is 14.8. The molecule has 0 bridgehead atoms. The van der Waals surface area contributed by atoms with Crippen LogP contribution in [0.4, 0.5) is 0 Å².